The number of methoxy groups -OCH3 is 1. The summed E-state index contributed by atoms with van der Waals surface area (Å²) in [5.74, 6) is -2.21. The van der Waals surface area contributed by atoms with Crippen molar-refractivity contribution in [2.45, 2.75) is 31.9 Å². The highest BCUT2D eigenvalue weighted by atomic mass is 16.6. The number of hydrogen-bond acceptors (Lipinski definition) is 7. The van der Waals surface area contributed by atoms with Crippen LogP contribution in [0.2, 0.25) is 0 Å². The lowest BCUT2D eigenvalue weighted by molar-refractivity contribution is -0.384. The summed E-state index contributed by atoms with van der Waals surface area (Å²) in [5, 5.41) is 13.6. The molecule has 9 nitrogen and oxygen atoms in total. The Morgan fingerprint density at radius 3 is 2.29 bits per heavy atom. The number of amides is 1. The molecule has 9 heteroatoms. The number of nitro groups is 1. The SMILES string of the molecule is COC(=O)c1cc(C(=O)O[C@@H](C)C(=O)NC2CC2)cc([N+](=O)[O-])c1. The van der Waals surface area contributed by atoms with Gasteiger partial charge in [-0.25, -0.2) is 9.59 Å². The highest BCUT2D eigenvalue weighted by molar-refractivity contribution is 5.97. The zero-order valence-electron chi connectivity index (χ0n) is 13.1. The Kier molecular flexibility index (Phi) is 5.12. The number of rotatable bonds is 6. The van der Waals surface area contributed by atoms with Crippen molar-refractivity contribution in [1.82, 2.24) is 5.32 Å². The number of nitrogens with zero attached hydrogens (tertiary/aromatic N) is 1. The van der Waals surface area contributed by atoms with Gasteiger partial charge >= 0.3 is 11.9 Å². The maximum absolute atomic E-state index is 12.1. The van der Waals surface area contributed by atoms with Crippen molar-refractivity contribution in [3.8, 4) is 0 Å². The fourth-order valence-corrected chi connectivity index (χ4v) is 1.90. The molecule has 0 saturated heterocycles. The van der Waals surface area contributed by atoms with Gasteiger partial charge in [-0.15, -0.1) is 0 Å². The molecule has 1 aromatic rings. The maximum atomic E-state index is 12.1. The van der Waals surface area contributed by atoms with Gasteiger partial charge in [0.15, 0.2) is 6.10 Å². The Labute approximate surface area is 137 Å². The molecule has 1 aliphatic carbocycles. The molecule has 0 bridgehead atoms. The Morgan fingerprint density at radius 1 is 1.21 bits per heavy atom. The minimum Gasteiger partial charge on any atom is -0.465 e. The van der Waals surface area contributed by atoms with E-state index in [9.17, 15) is 24.5 Å². The Morgan fingerprint density at radius 2 is 1.79 bits per heavy atom. The van der Waals surface area contributed by atoms with Crippen molar-refractivity contribution in [3.05, 3.63) is 39.4 Å². The number of nitro benzene ring substituents is 1. The summed E-state index contributed by atoms with van der Waals surface area (Å²) in [7, 11) is 1.11. The average Bonchev–Trinajstić information content (AvgIpc) is 3.37. The molecule has 1 aliphatic rings. The lowest BCUT2D eigenvalue weighted by Gasteiger charge is -2.13. The first kappa shape index (κ1) is 17.4. The van der Waals surface area contributed by atoms with Gasteiger partial charge in [0, 0.05) is 18.2 Å². The van der Waals surface area contributed by atoms with Crippen molar-refractivity contribution in [1.29, 1.82) is 0 Å². The third-order valence-electron chi connectivity index (χ3n) is 3.36. The maximum Gasteiger partial charge on any atom is 0.339 e. The summed E-state index contributed by atoms with van der Waals surface area (Å²) in [6, 6.07) is 3.20. The number of benzene rings is 1. The van der Waals surface area contributed by atoms with E-state index in [0.717, 1.165) is 38.2 Å². The van der Waals surface area contributed by atoms with Gasteiger partial charge in [-0.3, -0.25) is 14.9 Å². The molecule has 0 radical (unpaired) electrons. The fourth-order valence-electron chi connectivity index (χ4n) is 1.90. The summed E-state index contributed by atoms with van der Waals surface area (Å²) < 4.78 is 9.50. The molecule has 0 unspecified atom stereocenters. The average molecular weight is 336 g/mol. The summed E-state index contributed by atoms with van der Waals surface area (Å²) in [6.45, 7) is 1.40. The molecule has 128 valence electrons. The van der Waals surface area contributed by atoms with E-state index in [4.69, 9.17) is 4.74 Å². The standard InChI is InChI=1S/C15H16N2O7/c1-8(13(18)16-11-3-4-11)24-15(20)10-5-9(14(19)23-2)6-12(7-10)17(21)22/h5-8,11H,3-4H2,1-2H3,(H,16,18)/t8-/m0/s1. The first-order chi connectivity index (χ1) is 11.3. The van der Waals surface area contributed by atoms with Crippen LogP contribution in [0.3, 0.4) is 0 Å². The lowest BCUT2D eigenvalue weighted by atomic mass is 10.1. The Balaban J connectivity index is 2.17. The van der Waals surface area contributed by atoms with Crippen LogP contribution in [0.25, 0.3) is 0 Å². The van der Waals surface area contributed by atoms with Crippen LogP contribution in [0, 0.1) is 10.1 Å². The first-order valence-corrected chi connectivity index (χ1v) is 7.21. The zero-order valence-corrected chi connectivity index (χ0v) is 13.1. The first-order valence-electron chi connectivity index (χ1n) is 7.21. The van der Waals surface area contributed by atoms with Gasteiger partial charge in [0.1, 0.15) is 0 Å². The minimum absolute atomic E-state index is 0.113. The summed E-state index contributed by atoms with van der Waals surface area (Å²) in [6.07, 6.45) is 0.721. The van der Waals surface area contributed by atoms with E-state index in [1.165, 1.54) is 6.92 Å². The molecule has 1 saturated carbocycles. The number of nitrogens with one attached hydrogen (secondary N) is 1. The molecule has 1 N–H and O–H groups in total. The molecular weight excluding hydrogens is 320 g/mol. The van der Waals surface area contributed by atoms with Crippen molar-refractivity contribution in [2.75, 3.05) is 7.11 Å². The molecule has 1 fully saturated rings. The van der Waals surface area contributed by atoms with Gasteiger partial charge in [-0.2, -0.15) is 0 Å². The van der Waals surface area contributed by atoms with Gasteiger partial charge in [0.25, 0.3) is 11.6 Å². The number of carbonyl (C=O) groups excluding carboxylic acids is 3. The normalized spacial score (nSPS) is 14.4. The van der Waals surface area contributed by atoms with Gasteiger partial charge in [-0.05, 0) is 25.8 Å². The topological polar surface area (TPSA) is 125 Å². The van der Waals surface area contributed by atoms with E-state index >= 15 is 0 Å². The highest BCUT2D eigenvalue weighted by Crippen LogP contribution is 2.20. The van der Waals surface area contributed by atoms with Crippen molar-refractivity contribution in [2.24, 2.45) is 0 Å². The van der Waals surface area contributed by atoms with Crippen LogP contribution < -0.4 is 5.32 Å². The number of non-ortho nitro benzene ring substituents is 1. The van der Waals surface area contributed by atoms with E-state index in [1.54, 1.807) is 0 Å². The second-order valence-electron chi connectivity index (χ2n) is 5.35. The molecular formula is C15H16N2O7. The van der Waals surface area contributed by atoms with E-state index in [2.05, 4.69) is 10.1 Å². The molecule has 0 spiro atoms. The zero-order chi connectivity index (χ0) is 17.9. The van der Waals surface area contributed by atoms with Gasteiger partial charge in [-0.1, -0.05) is 0 Å². The van der Waals surface area contributed by atoms with Crippen LogP contribution in [0.5, 0.6) is 0 Å². The van der Waals surface area contributed by atoms with Gasteiger partial charge < -0.3 is 14.8 Å². The molecule has 0 heterocycles. The van der Waals surface area contributed by atoms with Crippen LogP contribution in [-0.4, -0.2) is 42.0 Å². The van der Waals surface area contributed by atoms with Crippen molar-refractivity contribution < 1.29 is 28.8 Å². The van der Waals surface area contributed by atoms with E-state index in [0.29, 0.717) is 0 Å². The number of carbonyl (C=O) groups is 3. The highest BCUT2D eigenvalue weighted by Gasteiger charge is 2.28. The second kappa shape index (κ2) is 7.07. The number of hydrogen-bond donors (Lipinski definition) is 1. The molecule has 0 aliphatic heterocycles. The second-order valence-corrected chi connectivity index (χ2v) is 5.35. The Bertz CT molecular complexity index is 697. The smallest absolute Gasteiger partial charge is 0.339 e. The molecule has 1 atom stereocenters. The minimum atomic E-state index is -1.06. The third-order valence-corrected chi connectivity index (χ3v) is 3.36. The summed E-state index contributed by atoms with van der Waals surface area (Å²) >= 11 is 0. The van der Waals surface area contributed by atoms with Gasteiger partial charge in [0.2, 0.25) is 0 Å². The van der Waals surface area contributed by atoms with E-state index in [1.807, 2.05) is 0 Å². The van der Waals surface area contributed by atoms with E-state index in [-0.39, 0.29) is 17.2 Å². The third kappa shape index (κ3) is 4.28. The van der Waals surface area contributed by atoms with Gasteiger partial charge in [0.05, 0.1) is 23.2 Å². The predicted octanol–water partition coefficient (Wildman–Crippen LogP) is 1.21. The van der Waals surface area contributed by atoms with Crippen molar-refractivity contribution in [3.63, 3.8) is 0 Å². The van der Waals surface area contributed by atoms with E-state index < -0.39 is 34.6 Å². The van der Waals surface area contributed by atoms with Crippen LogP contribution in [-0.2, 0) is 14.3 Å². The number of esters is 2. The molecule has 1 aromatic carbocycles. The van der Waals surface area contributed by atoms with Crippen LogP contribution >= 0.6 is 0 Å². The fraction of sp³-hybridized carbons (Fsp3) is 0.400. The van der Waals surface area contributed by atoms with Crippen LogP contribution in [0.1, 0.15) is 40.5 Å². The summed E-state index contributed by atoms with van der Waals surface area (Å²) in [4.78, 5) is 45.7. The lowest BCUT2D eigenvalue weighted by Crippen LogP contribution is -2.37. The molecule has 2 rings (SSSR count). The largest absolute Gasteiger partial charge is 0.465 e. The molecule has 24 heavy (non-hydrogen) atoms. The van der Waals surface area contributed by atoms with Crippen molar-refractivity contribution >= 4 is 23.5 Å². The van der Waals surface area contributed by atoms with Crippen LogP contribution in [0.15, 0.2) is 18.2 Å². The molecule has 1 amide bonds. The summed E-state index contributed by atoms with van der Waals surface area (Å²) in [5.41, 5.74) is -0.829. The Hall–Kier alpha value is -2.97. The predicted molar refractivity (Wildman–Crippen MR) is 80.5 cm³/mol. The monoisotopic (exact) mass is 336 g/mol. The molecule has 0 aromatic heterocycles. The van der Waals surface area contributed by atoms with Crippen LogP contribution in [0.4, 0.5) is 5.69 Å². The number of ether oxygens (including phenoxy) is 2. The quantitative estimate of drug-likeness (QED) is 0.470.